The molecule has 0 amide bonds. The number of hydrogen-bond donors (Lipinski definition) is 1. The predicted octanol–water partition coefficient (Wildman–Crippen LogP) is 3.02. The van der Waals surface area contributed by atoms with Crippen molar-refractivity contribution in [1.82, 2.24) is 9.97 Å². The zero-order valence-corrected chi connectivity index (χ0v) is 17.1. The molecule has 0 aliphatic carbocycles. The largest absolute Gasteiger partial charge is 0.462 e. The number of aliphatic hydroxyl groups is 1. The molecule has 1 N–H and O–H groups in total. The van der Waals surface area contributed by atoms with Gasteiger partial charge < -0.3 is 19.6 Å². The number of pyridine rings is 2. The monoisotopic (exact) mass is 406 g/mol. The Kier molecular flexibility index (Phi) is 6.09. The number of carbonyl (C=O) groups is 1. The Balaban J connectivity index is 1.50. The number of esters is 1. The van der Waals surface area contributed by atoms with E-state index in [1.807, 2.05) is 36.4 Å². The van der Waals surface area contributed by atoms with E-state index in [1.54, 1.807) is 19.2 Å². The Morgan fingerprint density at radius 2 is 1.90 bits per heavy atom. The van der Waals surface area contributed by atoms with E-state index in [0.29, 0.717) is 12.2 Å². The summed E-state index contributed by atoms with van der Waals surface area (Å²) in [6.07, 6.45) is 2.52. The van der Waals surface area contributed by atoms with Crippen LogP contribution in [-0.2, 0) is 11.3 Å². The van der Waals surface area contributed by atoms with Crippen LogP contribution in [0.5, 0.6) is 0 Å². The van der Waals surface area contributed by atoms with E-state index in [-0.39, 0.29) is 12.6 Å². The van der Waals surface area contributed by atoms with Crippen molar-refractivity contribution in [3.8, 4) is 0 Å². The van der Waals surface area contributed by atoms with Crippen LogP contribution in [0.2, 0.25) is 0 Å². The smallest absolute Gasteiger partial charge is 0.339 e. The van der Waals surface area contributed by atoms with E-state index in [4.69, 9.17) is 9.72 Å². The van der Waals surface area contributed by atoms with Crippen LogP contribution < -0.4 is 9.80 Å². The summed E-state index contributed by atoms with van der Waals surface area (Å²) in [6, 6.07) is 13.6. The Labute approximate surface area is 175 Å². The number of aromatic nitrogens is 2. The third kappa shape index (κ3) is 4.21. The van der Waals surface area contributed by atoms with Gasteiger partial charge in [-0.1, -0.05) is 18.2 Å². The first-order chi connectivity index (χ1) is 14.7. The first kappa shape index (κ1) is 20.1. The van der Waals surface area contributed by atoms with Gasteiger partial charge in [-0.05, 0) is 37.6 Å². The second-order valence-electron chi connectivity index (χ2n) is 7.28. The molecule has 0 spiro atoms. The second-order valence-corrected chi connectivity index (χ2v) is 7.28. The zero-order valence-electron chi connectivity index (χ0n) is 17.1. The summed E-state index contributed by atoms with van der Waals surface area (Å²) in [6.45, 7) is 5.38. The van der Waals surface area contributed by atoms with Crippen molar-refractivity contribution >= 4 is 28.5 Å². The molecule has 1 aromatic carbocycles. The zero-order chi connectivity index (χ0) is 20.9. The van der Waals surface area contributed by atoms with Crippen molar-refractivity contribution in [3.63, 3.8) is 0 Å². The van der Waals surface area contributed by atoms with E-state index in [9.17, 15) is 9.90 Å². The summed E-state index contributed by atoms with van der Waals surface area (Å²) < 4.78 is 5.02. The van der Waals surface area contributed by atoms with Crippen molar-refractivity contribution < 1.29 is 14.6 Å². The summed E-state index contributed by atoms with van der Waals surface area (Å²) in [5.74, 6) is 1.35. The molecule has 0 atom stereocenters. The van der Waals surface area contributed by atoms with Gasteiger partial charge in [0.25, 0.3) is 0 Å². The molecule has 0 bridgehead atoms. The number of hydrogen-bond acceptors (Lipinski definition) is 7. The number of anilines is 2. The van der Waals surface area contributed by atoms with E-state index in [1.165, 1.54) is 0 Å². The number of carbonyl (C=O) groups excluding carboxylic acids is 1. The molecular weight excluding hydrogens is 380 g/mol. The fourth-order valence-corrected chi connectivity index (χ4v) is 3.81. The lowest BCUT2D eigenvalue weighted by Crippen LogP contribution is -2.32. The lowest BCUT2D eigenvalue weighted by molar-refractivity contribution is 0.0526. The summed E-state index contributed by atoms with van der Waals surface area (Å²) in [5, 5.41) is 10.9. The van der Waals surface area contributed by atoms with Crippen LogP contribution >= 0.6 is 0 Å². The highest BCUT2D eigenvalue weighted by atomic mass is 16.5. The average Bonchev–Trinajstić information content (AvgIpc) is 3.04. The van der Waals surface area contributed by atoms with Crippen LogP contribution in [0.3, 0.4) is 0 Å². The number of aliphatic hydroxyl groups excluding tert-OH is 1. The number of fused-ring (bicyclic) bond motifs is 1. The lowest BCUT2D eigenvalue weighted by atomic mass is 10.1. The first-order valence-electron chi connectivity index (χ1n) is 10.3. The third-order valence-electron chi connectivity index (χ3n) is 5.33. The van der Waals surface area contributed by atoms with Gasteiger partial charge in [-0.2, -0.15) is 0 Å². The molecule has 3 aromatic rings. The molecule has 0 radical (unpaired) electrons. The van der Waals surface area contributed by atoms with Crippen LogP contribution in [0.1, 0.15) is 29.3 Å². The molecule has 156 valence electrons. The van der Waals surface area contributed by atoms with Crippen LogP contribution in [-0.4, -0.2) is 53.8 Å². The topological polar surface area (TPSA) is 78.8 Å². The van der Waals surface area contributed by atoms with Crippen LogP contribution in [0.25, 0.3) is 10.9 Å². The maximum Gasteiger partial charge on any atom is 0.339 e. The highest BCUT2D eigenvalue weighted by Crippen LogP contribution is 2.25. The molecule has 1 aliphatic heterocycles. The Bertz CT molecular complexity index is 1020. The molecule has 2 aromatic heterocycles. The van der Waals surface area contributed by atoms with Gasteiger partial charge in [0.2, 0.25) is 0 Å². The van der Waals surface area contributed by atoms with Crippen LogP contribution in [0.4, 0.5) is 11.6 Å². The van der Waals surface area contributed by atoms with E-state index in [2.05, 4.69) is 14.8 Å². The van der Waals surface area contributed by atoms with Gasteiger partial charge in [-0.15, -0.1) is 0 Å². The minimum Gasteiger partial charge on any atom is -0.462 e. The Morgan fingerprint density at radius 3 is 2.67 bits per heavy atom. The molecule has 7 heteroatoms. The summed E-state index contributed by atoms with van der Waals surface area (Å²) in [4.78, 5) is 25.6. The standard InChI is InChI=1S/C23H26N4O3/c1-2-30-23(29)18-8-9-21(24-15-18)26-10-5-11-27(13-12-26)22-19(16-28)14-17-6-3-4-7-20(17)25-22/h3-4,6-9,14-15,28H,2,5,10-13,16H2,1H3. The third-order valence-corrected chi connectivity index (χ3v) is 5.33. The number of rotatable bonds is 5. The maximum atomic E-state index is 11.8. The summed E-state index contributed by atoms with van der Waals surface area (Å²) >= 11 is 0. The Hall–Kier alpha value is -3.19. The summed E-state index contributed by atoms with van der Waals surface area (Å²) in [5.41, 5.74) is 2.24. The first-order valence-corrected chi connectivity index (χ1v) is 10.3. The van der Waals surface area contributed by atoms with Crippen molar-refractivity contribution in [1.29, 1.82) is 0 Å². The SMILES string of the molecule is CCOC(=O)c1ccc(N2CCCN(c3nc4ccccc4cc3CO)CC2)nc1. The fraction of sp³-hybridized carbons (Fsp3) is 0.348. The lowest BCUT2D eigenvalue weighted by Gasteiger charge is -2.25. The van der Waals surface area contributed by atoms with Crippen molar-refractivity contribution in [3.05, 3.63) is 59.8 Å². The van der Waals surface area contributed by atoms with Gasteiger partial charge in [0.05, 0.1) is 24.3 Å². The molecule has 3 heterocycles. The van der Waals surface area contributed by atoms with Crippen LogP contribution in [0.15, 0.2) is 48.7 Å². The number of para-hydroxylation sites is 1. The minimum absolute atomic E-state index is 0.0374. The van der Waals surface area contributed by atoms with Crippen molar-refractivity contribution in [2.75, 3.05) is 42.6 Å². The van der Waals surface area contributed by atoms with Gasteiger partial charge >= 0.3 is 5.97 Å². The second kappa shape index (κ2) is 9.09. The Morgan fingerprint density at radius 1 is 1.10 bits per heavy atom. The number of ether oxygens (including phenoxy) is 1. The van der Waals surface area contributed by atoms with Gasteiger partial charge in [-0.25, -0.2) is 14.8 Å². The average molecular weight is 406 g/mol. The normalized spacial score (nSPS) is 14.6. The van der Waals surface area contributed by atoms with Gasteiger partial charge in [0.15, 0.2) is 0 Å². The van der Waals surface area contributed by atoms with E-state index >= 15 is 0 Å². The molecule has 1 fully saturated rings. The highest BCUT2D eigenvalue weighted by molar-refractivity contribution is 5.89. The molecular formula is C23H26N4O3. The predicted molar refractivity (Wildman–Crippen MR) is 117 cm³/mol. The van der Waals surface area contributed by atoms with Crippen molar-refractivity contribution in [2.45, 2.75) is 20.0 Å². The van der Waals surface area contributed by atoms with Gasteiger partial charge in [-0.3, -0.25) is 0 Å². The maximum absolute atomic E-state index is 11.8. The van der Waals surface area contributed by atoms with E-state index < -0.39 is 0 Å². The minimum atomic E-state index is -0.350. The number of benzene rings is 1. The number of nitrogens with zero attached hydrogens (tertiary/aromatic N) is 4. The molecule has 1 saturated heterocycles. The fourth-order valence-electron chi connectivity index (χ4n) is 3.81. The van der Waals surface area contributed by atoms with Gasteiger partial charge in [0.1, 0.15) is 11.6 Å². The summed E-state index contributed by atoms with van der Waals surface area (Å²) in [7, 11) is 0. The van der Waals surface area contributed by atoms with Gasteiger partial charge in [0, 0.05) is 43.3 Å². The molecule has 30 heavy (non-hydrogen) atoms. The van der Waals surface area contributed by atoms with Crippen molar-refractivity contribution in [2.24, 2.45) is 0 Å². The molecule has 1 aliphatic rings. The quantitative estimate of drug-likeness (QED) is 0.653. The van der Waals surface area contributed by atoms with E-state index in [0.717, 1.165) is 60.7 Å². The van der Waals surface area contributed by atoms with Crippen LogP contribution in [0, 0.1) is 0 Å². The molecule has 7 nitrogen and oxygen atoms in total. The highest BCUT2D eigenvalue weighted by Gasteiger charge is 2.20. The molecule has 0 saturated carbocycles. The molecule has 0 unspecified atom stereocenters. The molecule has 4 rings (SSSR count).